The highest BCUT2D eigenvalue weighted by molar-refractivity contribution is 5.26. The predicted octanol–water partition coefficient (Wildman–Crippen LogP) is 4.40. The molecule has 140 valence electrons. The van der Waals surface area contributed by atoms with E-state index in [9.17, 15) is 17.6 Å². The second-order valence-corrected chi connectivity index (χ2v) is 6.87. The van der Waals surface area contributed by atoms with Gasteiger partial charge in [0.15, 0.2) is 0 Å². The second kappa shape index (κ2) is 7.76. The van der Waals surface area contributed by atoms with Gasteiger partial charge in [0.2, 0.25) is 0 Å². The Morgan fingerprint density at radius 3 is 2.35 bits per heavy atom. The van der Waals surface area contributed by atoms with Crippen LogP contribution in [0.2, 0.25) is 0 Å². The van der Waals surface area contributed by atoms with Crippen molar-refractivity contribution < 1.29 is 22.7 Å². The van der Waals surface area contributed by atoms with E-state index in [2.05, 4.69) is 4.90 Å². The van der Waals surface area contributed by atoms with Gasteiger partial charge in [-0.05, 0) is 48.6 Å². The molecular formula is C20H21F4NO. The van der Waals surface area contributed by atoms with E-state index in [1.54, 1.807) is 0 Å². The Morgan fingerprint density at radius 1 is 1.04 bits per heavy atom. The molecule has 2 aromatic carbocycles. The number of benzene rings is 2. The largest absolute Gasteiger partial charge is 0.416 e. The van der Waals surface area contributed by atoms with E-state index in [0.29, 0.717) is 24.1 Å². The number of likely N-dealkylation sites (tertiary alicyclic amines) is 1. The Labute approximate surface area is 150 Å². The Bertz CT molecular complexity index is 742. The zero-order valence-corrected chi connectivity index (χ0v) is 14.3. The van der Waals surface area contributed by atoms with Crippen LogP contribution in [0, 0.1) is 11.7 Å². The topological polar surface area (TPSA) is 23.5 Å². The minimum absolute atomic E-state index is 0.0240. The van der Waals surface area contributed by atoms with E-state index in [4.69, 9.17) is 5.11 Å². The van der Waals surface area contributed by atoms with Gasteiger partial charge in [0.25, 0.3) is 0 Å². The van der Waals surface area contributed by atoms with E-state index in [1.165, 1.54) is 11.6 Å². The highest BCUT2D eigenvalue weighted by atomic mass is 19.4. The molecule has 0 amide bonds. The third-order valence-electron chi connectivity index (χ3n) is 4.87. The monoisotopic (exact) mass is 367 g/mol. The summed E-state index contributed by atoms with van der Waals surface area (Å²) in [4.78, 5) is 2.08. The summed E-state index contributed by atoms with van der Waals surface area (Å²) in [5.41, 5.74) is 1.41. The first-order valence-corrected chi connectivity index (χ1v) is 8.62. The standard InChI is InChI=1S/C20H21F4NO/c21-19-10-18(20(22,23)24)6-5-17(19)12-25-8-7-16(11-25)9-14-1-3-15(13-26)4-2-14/h1-6,10,16,26H,7-9,11-13H2. The van der Waals surface area contributed by atoms with Crippen molar-refractivity contribution in [1.29, 1.82) is 0 Å². The normalized spacial score (nSPS) is 18.4. The molecule has 1 heterocycles. The smallest absolute Gasteiger partial charge is 0.392 e. The maximum Gasteiger partial charge on any atom is 0.416 e. The molecule has 0 aromatic heterocycles. The van der Waals surface area contributed by atoms with Gasteiger partial charge < -0.3 is 5.11 Å². The molecule has 1 N–H and O–H groups in total. The van der Waals surface area contributed by atoms with Crippen LogP contribution in [0.3, 0.4) is 0 Å². The van der Waals surface area contributed by atoms with Crippen molar-refractivity contribution in [3.05, 3.63) is 70.5 Å². The predicted molar refractivity (Wildman–Crippen MR) is 90.9 cm³/mol. The Hall–Kier alpha value is -1.92. The van der Waals surface area contributed by atoms with Crippen molar-refractivity contribution in [2.75, 3.05) is 13.1 Å². The SMILES string of the molecule is OCc1ccc(CC2CCN(Cc3ccc(C(F)(F)F)cc3F)C2)cc1. The molecule has 1 atom stereocenters. The maximum absolute atomic E-state index is 14.0. The van der Waals surface area contributed by atoms with Crippen molar-refractivity contribution >= 4 is 0 Å². The third kappa shape index (κ3) is 4.62. The summed E-state index contributed by atoms with van der Waals surface area (Å²) in [6, 6.07) is 10.6. The number of hydrogen-bond donors (Lipinski definition) is 1. The molecule has 0 spiro atoms. The number of alkyl halides is 3. The molecule has 26 heavy (non-hydrogen) atoms. The minimum atomic E-state index is -4.52. The molecule has 0 radical (unpaired) electrons. The molecule has 1 unspecified atom stereocenters. The first-order valence-electron chi connectivity index (χ1n) is 8.62. The van der Waals surface area contributed by atoms with Gasteiger partial charge in [-0.2, -0.15) is 13.2 Å². The van der Waals surface area contributed by atoms with Crippen LogP contribution in [0.1, 0.15) is 28.7 Å². The first kappa shape index (κ1) is 18.9. The Morgan fingerprint density at radius 2 is 1.73 bits per heavy atom. The van der Waals surface area contributed by atoms with Crippen LogP contribution >= 0.6 is 0 Å². The van der Waals surface area contributed by atoms with Crippen molar-refractivity contribution in [3.8, 4) is 0 Å². The molecule has 1 saturated heterocycles. The number of nitrogens with zero attached hydrogens (tertiary/aromatic N) is 1. The van der Waals surface area contributed by atoms with E-state index >= 15 is 0 Å². The summed E-state index contributed by atoms with van der Waals surface area (Å²) < 4.78 is 51.9. The molecule has 2 nitrogen and oxygen atoms in total. The lowest BCUT2D eigenvalue weighted by atomic mass is 9.98. The quantitative estimate of drug-likeness (QED) is 0.792. The number of aliphatic hydroxyl groups is 1. The van der Waals surface area contributed by atoms with Crippen LogP contribution in [0.15, 0.2) is 42.5 Å². The van der Waals surface area contributed by atoms with Crippen LogP contribution in [-0.4, -0.2) is 23.1 Å². The number of aliphatic hydroxyl groups excluding tert-OH is 1. The van der Waals surface area contributed by atoms with Crippen LogP contribution in [0.4, 0.5) is 17.6 Å². The molecule has 0 aliphatic carbocycles. The summed E-state index contributed by atoms with van der Waals surface area (Å²) >= 11 is 0. The molecule has 1 aliphatic rings. The highest BCUT2D eigenvalue weighted by Gasteiger charge is 2.31. The van der Waals surface area contributed by atoms with Crippen molar-refractivity contribution in [3.63, 3.8) is 0 Å². The first-order chi connectivity index (χ1) is 12.3. The second-order valence-electron chi connectivity index (χ2n) is 6.87. The average Bonchev–Trinajstić information content (AvgIpc) is 3.03. The molecule has 0 saturated carbocycles. The Balaban J connectivity index is 1.57. The van der Waals surface area contributed by atoms with Gasteiger partial charge in [-0.3, -0.25) is 4.90 Å². The van der Waals surface area contributed by atoms with Crippen molar-refractivity contribution in [1.82, 2.24) is 4.90 Å². The zero-order chi connectivity index (χ0) is 18.7. The number of halogens is 4. The highest BCUT2D eigenvalue weighted by Crippen LogP contribution is 2.31. The molecule has 1 fully saturated rings. The van der Waals surface area contributed by atoms with Crippen LogP contribution in [0.25, 0.3) is 0 Å². The van der Waals surface area contributed by atoms with Gasteiger partial charge >= 0.3 is 6.18 Å². The van der Waals surface area contributed by atoms with Crippen LogP contribution in [0.5, 0.6) is 0 Å². The summed E-state index contributed by atoms with van der Waals surface area (Å²) in [7, 11) is 0. The van der Waals surface area contributed by atoms with Crippen molar-refractivity contribution in [2.45, 2.75) is 32.2 Å². The van der Waals surface area contributed by atoms with Gasteiger partial charge in [-0.1, -0.05) is 30.3 Å². The lowest BCUT2D eigenvalue weighted by Crippen LogP contribution is -2.21. The van der Waals surface area contributed by atoms with Gasteiger partial charge in [-0.25, -0.2) is 4.39 Å². The number of rotatable bonds is 5. The maximum atomic E-state index is 14.0. The lowest BCUT2D eigenvalue weighted by molar-refractivity contribution is -0.137. The average molecular weight is 367 g/mol. The van der Waals surface area contributed by atoms with Gasteiger partial charge in [0.1, 0.15) is 5.82 Å². The van der Waals surface area contributed by atoms with Crippen LogP contribution in [-0.2, 0) is 25.7 Å². The Kier molecular flexibility index (Phi) is 5.63. The summed E-state index contributed by atoms with van der Waals surface area (Å²) in [6.45, 7) is 1.95. The molecule has 3 rings (SSSR count). The fourth-order valence-electron chi connectivity index (χ4n) is 3.43. The third-order valence-corrected chi connectivity index (χ3v) is 4.87. The molecule has 0 bridgehead atoms. The minimum Gasteiger partial charge on any atom is -0.392 e. The summed E-state index contributed by atoms with van der Waals surface area (Å²) in [5.74, 6) is -0.365. The van der Waals surface area contributed by atoms with Crippen LogP contribution < -0.4 is 0 Å². The lowest BCUT2D eigenvalue weighted by Gasteiger charge is -2.17. The fraction of sp³-hybridized carbons (Fsp3) is 0.400. The van der Waals surface area contributed by atoms with Gasteiger partial charge in [0, 0.05) is 18.7 Å². The van der Waals surface area contributed by atoms with Gasteiger partial charge in [-0.15, -0.1) is 0 Å². The molecule has 1 aliphatic heterocycles. The van der Waals surface area contributed by atoms with E-state index in [1.807, 2.05) is 24.3 Å². The van der Waals surface area contributed by atoms with Gasteiger partial charge in [0.05, 0.1) is 12.2 Å². The fourth-order valence-corrected chi connectivity index (χ4v) is 3.43. The summed E-state index contributed by atoms with van der Waals surface area (Å²) in [6.07, 6.45) is -2.65. The van der Waals surface area contributed by atoms with E-state index in [-0.39, 0.29) is 6.61 Å². The zero-order valence-electron chi connectivity index (χ0n) is 14.3. The van der Waals surface area contributed by atoms with Crippen molar-refractivity contribution in [2.24, 2.45) is 5.92 Å². The molecule has 2 aromatic rings. The number of hydrogen-bond acceptors (Lipinski definition) is 2. The molecular weight excluding hydrogens is 346 g/mol. The molecule has 6 heteroatoms. The van der Waals surface area contributed by atoms with E-state index in [0.717, 1.165) is 37.6 Å². The van der Waals surface area contributed by atoms with E-state index < -0.39 is 17.6 Å². The summed E-state index contributed by atoms with van der Waals surface area (Å²) in [5, 5.41) is 9.07.